The maximum absolute atomic E-state index is 5.54. The van der Waals surface area contributed by atoms with E-state index in [1.165, 1.54) is 32.1 Å². The van der Waals surface area contributed by atoms with Gasteiger partial charge in [-0.1, -0.05) is 19.3 Å². The van der Waals surface area contributed by atoms with Crippen LogP contribution in [0.4, 0.5) is 0 Å². The standard InChI is InChI=1S/C11H16BrN3S/c12-10-7-6-9(16-10)11(15-13)14-8-4-2-1-3-5-8/h6-8H,1-5,13H2,(H,14,15). The highest BCUT2D eigenvalue weighted by molar-refractivity contribution is 9.11. The summed E-state index contributed by atoms with van der Waals surface area (Å²) >= 11 is 5.10. The van der Waals surface area contributed by atoms with E-state index in [-0.39, 0.29) is 0 Å². The third-order valence-electron chi connectivity index (χ3n) is 2.83. The van der Waals surface area contributed by atoms with Crippen molar-refractivity contribution in [1.29, 1.82) is 0 Å². The smallest absolute Gasteiger partial charge is 0.153 e. The first-order valence-electron chi connectivity index (χ1n) is 5.59. The average Bonchev–Trinajstić information content (AvgIpc) is 2.74. The Kier molecular flexibility index (Phi) is 4.37. The van der Waals surface area contributed by atoms with Gasteiger partial charge in [-0.2, -0.15) is 0 Å². The summed E-state index contributed by atoms with van der Waals surface area (Å²) in [5.41, 5.74) is 2.72. The lowest BCUT2D eigenvalue weighted by Crippen LogP contribution is -2.32. The Bertz CT molecular complexity index is 369. The van der Waals surface area contributed by atoms with Gasteiger partial charge in [0.05, 0.1) is 14.7 Å². The van der Waals surface area contributed by atoms with E-state index in [1.54, 1.807) is 11.3 Å². The van der Waals surface area contributed by atoms with Crippen LogP contribution in [0.2, 0.25) is 0 Å². The summed E-state index contributed by atoms with van der Waals surface area (Å²) in [6, 6.07) is 4.50. The fraction of sp³-hybridized carbons (Fsp3) is 0.545. The second kappa shape index (κ2) is 5.80. The number of hydrogen-bond donors (Lipinski definition) is 2. The van der Waals surface area contributed by atoms with Crippen molar-refractivity contribution in [1.82, 2.24) is 5.43 Å². The average molecular weight is 302 g/mol. The minimum absolute atomic E-state index is 0.445. The predicted molar refractivity (Wildman–Crippen MR) is 72.8 cm³/mol. The number of aliphatic imine (C=N–C) groups is 1. The SMILES string of the molecule is NNC(=NC1CCCCC1)c1ccc(Br)s1. The molecule has 2 rings (SSSR count). The highest BCUT2D eigenvalue weighted by Gasteiger charge is 2.14. The molecule has 1 aliphatic rings. The maximum Gasteiger partial charge on any atom is 0.153 e. The van der Waals surface area contributed by atoms with Crippen LogP contribution in [-0.2, 0) is 0 Å². The monoisotopic (exact) mass is 301 g/mol. The van der Waals surface area contributed by atoms with Crippen molar-refractivity contribution in [3.05, 3.63) is 20.8 Å². The van der Waals surface area contributed by atoms with Crippen molar-refractivity contribution in [3.63, 3.8) is 0 Å². The van der Waals surface area contributed by atoms with Crippen molar-refractivity contribution in [2.45, 2.75) is 38.1 Å². The molecular formula is C11H16BrN3S. The fourth-order valence-corrected chi connectivity index (χ4v) is 3.35. The van der Waals surface area contributed by atoms with E-state index in [9.17, 15) is 0 Å². The van der Waals surface area contributed by atoms with Gasteiger partial charge in [-0.3, -0.25) is 4.99 Å². The summed E-state index contributed by atoms with van der Waals surface area (Å²) in [7, 11) is 0. The molecular weight excluding hydrogens is 286 g/mol. The first kappa shape index (κ1) is 12.1. The van der Waals surface area contributed by atoms with Gasteiger partial charge in [0.2, 0.25) is 0 Å². The highest BCUT2D eigenvalue weighted by atomic mass is 79.9. The molecule has 3 N–H and O–H groups in total. The topological polar surface area (TPSA) is 50.4 Å². The number of nitrogens with two attached hydrogens (primary N) is 1. The van der Waals surface area contributed by atoms with Gasteiger partial charge in [0, 0.05) is 0 Å². The summed E-state index contributed by atoms with van der Waals surface area (Å²) in [6.07, 6.45) is 6.32. The summed E-state index contributed by atoms with van der Waals surface area (Å²) in [4.78, 5) is 5.80. The van der Waals surface area contributed by atoms with Crippen LogP contribution in [0, 0.1) is 0 Å². The molecule has 1 aliphatic carbocycles. The molecule has 0 amide bonds. The highest BCUT2D eigenvalue weighted by Crippen LogP contribution is 2.24. The Balaban J connectivity index is 2.11. The van der Waals surface area contributed by atoms with Gasteiger partial charge in [-0.15, -0.1) is 11.3 Å². The van der Waals surface area contributed by atoms with E-state index < -0.39 is 0 Å². The molecule has 0 radical (unpaired) electrons. The lowest BCUT2D eigenvalue weighted by molar-refractivity contribution is 0.442. The van der Waals surface area contributed by atoms with Gasteiger partial charge in [0.15, 0.2) is 5.84 Å². The van der Waals surface area contributed by atoms with Gasteiger partial charge in [-0.05, 0) is 40.9 Å². The first-order valence-corrected chi connectivity index (χ1v) is 7.20. The van der Waals surface area contributed by atoms with Crippen LogP contribution in [0.3, 0.4) is 0 Å². The molecule has 0 saturated heterocycles. The molecule has 0 bridgehead atoms. The van der Waals surface area contributed by atoms with E-state index in [1.807, 2.05) is 12.1 Å². The van der Waals surface area contributed by atoms with Gasteiger partial charge in [0.1, 0.15) is 0 Å². The van der Waals surface area contributed by atoms with Crippen molar-refractivity contribution < 1.29 is 0 Å². The van der Waals surface area contributed by atoms with E-state index in [0.29, 0.717) is 6.04 Å². The molecule has 1 fully saturated rings. The quantitative estimate of drug-likeness (QED) is 0.382. The minimum atomic E-state index is 0.445. The Hall–Kier alpha value is -0.390. The number of rotatable bonds is 2. The molecule has 1 saturated carbocycles. The first-order chi connectivity index (χ1) is 7.79. The number of hydrazine groups is 1. The lowest BCUT2D eigenvalue weighted by atomic mass is 9.96. The molecule has 1 heterocycles. The summed E-state index contributed by atoms with van der Waals surface area (Å²) < 4.78 is 1.11. The fourth-order valence-electron chi connectivity index (χ4n) is 2.01. The van der Waals surface area contributed by atoms with E-state index >= 15 is 0 Å². The van der Waals surface area contributed by atoms with E-state index in [0.717, 1.165) is 14.5 Å². The van der Waals surface area contributed by atoms with E-state index in [4.69, 9.17) is 10.8 Å². The second-order valence-electron chi connectivity index (χ2n) is 4.02. The molecule has 0 atom stereocenters. The van der Waals surface area contributed by atoms with Gasteiger partial charge in [0.25, 0.3) is 0 Å². The van der Waals surface area contributed by atoms with Crippen molar-refractivity contribution in [2.24, 2.45) is 10.8 Å². The predicted octanol–water partition coefficient (Wildman–Crippen LogP) is 3.05. The second-order valence-corrected chi connectivity index (χ2v) is 6.48. The van der Waals surface area contributed by atoms with Gasteiger partial charge < -0.3 is 5.43 Å². The molecule has 5 heteroatoms. The van der Waals surface area contributed by atoms with Crippen molar-refractivity contribution in [3.8, 4) is 0 Å². The Labute approximate surface area is 108 Å². The zero-order valence-corrected chi connectivity index (χ0v) is 11.5. The Morgan fingerprint density at radius 2 is 2.12 bits per heavy atom. The zero-order valence-electron chi connectivity index (χ0n) is 9.08. The van der Waals surface area contributed by atoms with Crippen LogP contribution in [0.5, 0.6) is 0 Å². The summed E-state index contributed by atoms with van der Waals surface area (Å²) in [5, 5.41) is 0. The zero-order chi connectivity index (χ0) is 11.4. The minimum Gasteiger partial charge on any atom is -0.308 e. The van der Waals surface area contributed by atoms with E-state index in [2.05, 4.69) is 21.4 Å². The van der Waals surface area contributed by atoms with Crippen LogP contribution in [-0.4, -0.2) is 11.9 Å². The molecule has 3 nitrogen and oxygen atoms in total. The molecule has 16 heavy (non-hydrogen) atoms. The summed E-state index contributed by atoms with van der Waals surface area (Å²) in [5.74, 6) is 6.36. The number of amidine groups is 1. The molecule has 1 aromatic heterocycles. The largest absolute Gasteiger partial charge is 0.308 e. The van der Waals surface area contributed by atoms with Crippen molar-refractivity contribution in [2.75, 3.05) is 0 Å². The van der Waals surface area contributed by atoms with Crippen LogP contribution in [0.1, 0.15) is 37.0 Å². The van der Waals surface area contributed by atoms with Crippen molar-refractivity contribution >= 4 is 33.1 Å². The van der Waals surface area contributed by atoms with Gasteiger partial charge in [-0.25, -0.2) is 5.84 Å². The third-order valence-corrected chi connectivity index (χ3v) is 4.46. The molecule has 0 spiro atoms. The van der Waals surface area contributed by atoms with Crippen LogP contribution in [0.15, 0.2) is 20.9 Å². The third kappa shape index (κ3) is 3.06. The molecule has 0 aliphatic heterocycles. The number of nitrogens with one attached hydrogen (secondary N) is 1. The normalized spacial score (nSPS) is 18.8. The maximum atomic E-state index is 5.54. The lowest BCUT2D eigenvalue weighted by Gasteiger charge is -2.18. The molecule has 88 valence electrons. The van der Waals surface area contributed by atoms with Crippen LogP contribution >= 0.6 is 27.3 Å². The van der Waals surface area contributed by atoms with Crippen LogP contribution < -0.4 is 11.3 Å². The van der Waals surface area contributed by atoms with Crippen LogP contribution in [0.25, 0.3) is 0 Å². The number of nitrogens with zero attached hydrogens (tertiary/aromatic N) is 1. The number of halogens is 1. The molecule has 0 aromatic carbocycles. The summed E-state index contributed by atoms with van der Waals surface area (Å²) in [6.45, 7) is 0. The number of hydrogen-bond acceptors (Lipinski definition) is 3. The Morgan fingerprint density at radius 3 is 2.69 bits per heavy atom. The molecule has 1 aromatic rings. The Morgan fingerprint density at radius 1 is 1.38 bits per heavy atom. The van der Waals surface area contributed by atoms with Gasteiger partial charge >= 0.3 is 0 Å². The molecule has 0 unspecified atom stereocenters. The number of thiophene rings is 1.